The molecule has 0 aliphatic rings. The zero-order valence-electron chi connectivity index (χ0n) is 5.86. The Kier molecular flexibility index (Phi) is 2.46. The third-order valence-corrected chi connectivity index (χ3v) is 4.27. The summed E-state index contributed by atoms with van der Waals surface area (Å²) in [5.41, 5.74) is 0. The maximum absolute atomic E-state index is 11.2. The van der Waals surface area contributed by atoms with Crippen molar-refractivity contribution in [3.05, 3.63) is 30.2 Å². The zero-order valence-corrected chi connectivity index (χ0v) is 7.49. The van der Waals surface area contributed by atoms with E-state index in [1.165, 1.54) is 17.4 Å². The van der Waals surface area contributed by atoms with E-state index in [1.54, 1.807) is 17.5 Å². The highest BCUT2D eigenvalue weighted by atomic mass is 32.2. The molecule has 0 atom stereocenters. The summed E-state index contributed by atoms with van der Waals surface area (Å²) in [5.74, 6) is 0.0213. The van der Waals surface area contributed by atoms with Gasteiger partial charge in [-0.25, -0.2) is 8.42 Å². The zero-order chi connectivity index (χ0) is 8.32. The molecular weight excluding hydrogens is 180 g/mol. The van der Waals surface area contributed by atoms with E-state index in [4.69, 9.17) is 0 Å². The fourth-order valence-electron chi connectivity index (χ4n) is 0.678. The van der Waals surface area contributed by atoms with Crippen molar-refractivity contribution in [2.24, 2.45) is 0 Å². The number of hydrogen-bond acceptors (Lipinski definition) is 3. The van der Waals surface area contributed by atoms with Crippen LogP contribution in [0, 0.1) is 0 Å². The molecule has 0 aromatic carbocycles. The van der Waals surface area contributed by atoms with Crippen molar-refractivity contribution in [2.45, 2.75) is 4.21 Å². The molecule has 0 saturated heterocycles. The van der Waals surface area contributed by atoms with E-state index in [0.717, 1.165) is 0 Å². The Labute approximate surface area is 70.1 Å². The summed E-state index contributed by atoms with van der Waals surface area (Å²) in [5, 5.41) is 1.75. The van der Waals surface area contributed by atoms with Crippen LogP contribution in [0.2, 0.25) is 0 Å². The molecule has 0 aliphatic carbocycles. The largest absolute Gasteiger partial charge is 0.223 e. The van der Waals surface area contributed by atoms with Crippen LogP contribution < -0.4 is 0 Å². The molecule has 0 saturated carbocycles. The minimum absolute atomic E-state index is 0.0213. The van der Waals surface area contributed by atoms with Crippen LogP contribution in [0.5, 0.6) is 0 Å². The first-order chi connectivity index (χ1) is 5.17. The van der Waals surface area contributed by atoms with Crippen molar-refractivity contribution in [1.82, 2.24) is 0 Å². The predicted molar refractivity (Wildman–Crippen MR) is 46.6 cm³/mol. The molecule has 0 spiro atoms. The summed E-state index contributed by atoms with van der Waals surface area (Å²) >= 11 is 1.23. The lowest BCUT2D eigenvalue weighted by atomic mass is 10.7. The van der Waals surface area contributed by atoms with E-state index in [0.29, 0.717) is 4.21 Å². The molecule has 1 aromatic heterocycles. The van der Waals surface area contributed by atoms with E-state index in [9.17, 15) is 8.42 Å². The van der Waals surface area contributed by atoms with E-state index < -0.39 is 9.84 Å². The summed E-state index contributed by atoms with van der Waals surface area (Å²) in [6.07, 6.45) is 1.40. The van der Waals surface area contributed by atoms with Gasteiger partial charge in [-0.2, -0.15) is 0 Å². The lowest BCUT2D eigenvalue weighted by Gasteiger charge is -1.93. The average molecular weight is 188 g/mol. The van der Waals surface area contributed by atoms with Gasteiger partial charge >= 0.3 is 0 Å². The van der Waals surface area contributed by atoms with E-state index >= 15 is 0 Å². The quantitative estimate of drug-likeness (QED) is 0.677. The number of sulfone groups is 1. The molecule has 0 N–H and O–H groups in total. The van der Waals surface area contributed by atoms with Gasteiger partial charge in [0, 0.05) is 0 Å². The van der Waals surface area contributed by atoms with Crippen molar-refractivity contribution < 1.29 is 8.42 Å². The molecule has 0 amide bonds. The van der Waals surface area contributed by atoms with E-state index in [-0.39, 0.29) is 5.75 Å². The molecule has 0 radical (unpaired) electrons. The van der Waals surface area contributed by atoms with Crippen LogP contribution in [0.25, 0.3) is 0 Å². The topological polar surface area (TPSA) is 34.1 Å². The second kappa shape index (κ2) is 3.19. The van der Waals surface area contributed by atoms with Gasteiger partial charge in [0.05, 0.1) is 5.75 Å². The van der Waals surface area contributed by atoms with Gasteiger partial charge in [-0.15, -0.1) is 17.9 Å². The molecular formula is C7H8O2S2. The van der Waals surface area contributed by atoms with Crippen LogP contribution >= 0.6 is 11.3 Å². The summed E-state index contributed by atoms with van der Waals surface area (Å²) in [4.78, 5) is 0. The van der Waals surface area contributed by atoms with Crippen molar-refractivity contribution in [2.75, 3.05) is 5.75 Å². The molecule has 0 fully saturated rings. The first-order valence-electron chi connectivity index (χ1n) is 3.04. The number of hydrogen-bond donors (Lipinski definition) is 0. The molecule has 0 aliphatic heterocycles. The highest BCUT2D eigenvalue weighted by molar-refractivity contribution is 7.93. The van der Waals surface area contributed by atoms with Crippen LogP contribution in [-0.2, 0) is 9.84 Å². The Morgan fingerprint density at radius 3 is 2.82 bits per heavy atom. The fourth-order valence-corrected chi connectivity index (χ4v) is 2.84. The van der Waals surface area contributed by atoms with Gasteiger partial charge in [-0.3, -0.25) is 0 Å². The van der Waals surface area contributed by atoms with Crippen LogP contribution in [-0.4, -0.2) is 14.2 Å². The summed E-state index contributed by atoms with van der Waals surface area (Å²) in [6.45, 7) is 3.38. The smallest absolute Gasteiger partial charge is 0.191 e. The van der Waals surface area contributed by atoms with Gasteiger partial charge in [0.2, 0.25) is 0 Å². The standard InChI is InChI=1S/C7H8O2S2/c1-2-6-11(8,9)7-4-3-5-10-7/h2-5H,1,6H2. The molecule has 0 unspecified atom stereocenters. The summed E-state index contributed by atoms with van der Waals surface area (Å²) < 4.78 is 22.9. The summed E-state index contributed by atoms with van der Waals surface area (Å²) in [7, 11) is -3.07. The average Bonchev–Trinajstić information content (AvgIpc) is 2.37. The minimum Gasteiger partial charge on any atom is -0.223 e. The van der Waals surface area contributed by atoms with Gasteiger partial charge in [0.15, 0.2) is 9.84 Å². The molecule has 4 heteroatoms. The van der Waals surface area contributed by atoms with Gasteiger partial charge in [0.1, 0.15) is 4.21 Å². The Morgan fingerprint density at radius 2 is 2.36 bits per heavy atom. The fraction of sp³-hybridized carbons (Fsp3) is 0.143. The first kappa shape index (κ1) is 8.49. The Hall–Kier alpha value is -0.610. The third-order valence-electron chi connectivity index (χ3n) is 1.14. The molecule has 0 bridgehead atoms. The van der Waals surface area contributed by atoms with Crippen LogP contribution in [0.4, 0.5) is 0 Å². The Morgan fingerprint density at radius 1 is 1.64 bits per heavy atom. The lowest BCUT2D eigenvalue weighted by Crippen LogP contribution is -2.01. The number of rotatable bonds is 3. The van der Waals surface area contributed by atoms with E-state index in [1.807, 2.05) is 0 Å². The second-order valence-corrected chi connectivity index (χ2v) is 5.21. The molecule has 60 valence electrons. The highest BCUT2D eigenvalue weighted by Crippen LogP contribution is 2.16. The van der Waals surface area contributed by atoms with Crippen molar-refractivity contribution in [3.63, 3.8) is 0 Å². The molecule has 11 heavy (non-hydrogen) atoms. The van der Waals surface area contributed by atoms with Crippen LogP contribution in [0.15, 0.2) is 34.4 Å². The van der Waals surface area contributed by atoms with Gasteiger partial charge in [-0.1, -0.05) is 12.1 Å². The maximum Gasteiger partial charge on any atom is 0.191 e. The predicted octanol–water partition coefficient (Wildman–Crippen LogP) is 1.71. The minimum atomic E-state index is -3.07. The van der Waals surface area contributed by atoms with Gasteiger partial charge < -0.3 is 0 Å². The van der Waals surface area contributed by atoms with Gasteiger partial charge in [0.25, 0.3) is 0 Å². The second-order valence-electron chi connectivity index (χ2n) is 2.00. The van der Waals surface area contributed by atoms with Crippen molar-refractivity contribution in [1.29, 1.82) is 0 Å². The lowest BCUT2D eigenvalue weighted by molar-refractivity contribution is 0.601. The van der Waals surface area contributed by atoms with E-state index in [2.05, 4.69) is 6.58 Å². The van der Waals surface area contributed by atoms with Crippen molar-refractivity contribution in [3.8, 4) is 0 Å². The first-order valence-corrected chi connectivity index (χ1v) is 5.57. The SMILES string of the molecule is C=CCS(=O)(=O)c1cccs1. The summed E-state index contributed by atoms with van der Waals surface area (Å²) in [6, 6.07) is 3.32. The molecule has 1 heterocycles. The monoisotopic (exact) mass is 188 g/mol. The molecule has 1 aromatic rings. The normalized spacial score (nSPS) is 11.3. The van der Waals surface area contributed by atoms with Crippen LogP contribution in [0.3, 0.4) is 0 Å². The van der Waals surface area contributed by atoms with Crippen molar-refractivity contribution >= 4 is 21.2 Å². The molecule has 1 rings (SSSR count). The van der Waals surface area contributed by atoms with Gasteiger partial charge in [-0.05, 0) is 11.4 Å². The Balaban J connectivity index is 3.01. The maximum atomic E-state index is 11.2. The number of thiophene rings is 1. The highest BCUT2D eigenvalue weighted by Gasteiger charge is 2.11. The Bertz CT molecular complexity index is 321. The van der Waals surface area contributed by atoms with Crippen LogP contribution in [0.1, 0.15) is 0 Å². The molecule has 2 nitrogen and oxygen atoms in total. The third kappa shape index (κ3) is 1.91.